The maximum absolute atomic E-state index is 6.26. The molecule has 0 spiro atoms. The van der Waals surface area contributed by atoms with Crippen LogP contribution in [-0.2, 0) is 0 Å². The van der Waals surface area contributed by atoms with Gasteiger partial charge in [0, 0.05) is 18.2 Å². The zero-order valence-corrected chi connectivity index (χ0v) is 11.3. The molecule has 2 aliphatic rings. The maximum Gasteiger partial charge on any atom is 0.231 e. The van der Waals surface area contributed by atoms with E-state index >= 15 is 0 Å². The van der Waals surface area contributed by atoms with Gasteiger partial charge in [0.05, 0.1) is 10.7 Å². The van der Waals surface area contributed by atoms with E-state index in [1.165, 1.54) is 25.7 Å². The highest BCUT2D eigenvalue weighted by molar-refractivity contribution is 6.33. The van der Waals surface area contributed by atoms with Crippen LogP contribution in [0.15, 0.2) is 12.1 Å². The molecule has 1 aromatic carbocycles. The summed E-state index contributed by atoms with van der Waals surface area (Å²) in [6, 6.07) is 4.22. The minimum Gasteiger partial charge on any atom is -0.454 e. The van der Waals surface area contributed by atoms with E-state index in [4.69, 9.17) is 21.1 Å². The molecule has 0 aromatic heterocycles. The van der Waals surface area contributed by atoms with Crippen molar-refractivity contribution in [3.8, 4) is 11.5 Å². The molecule has 0 radical (unpaired) electrons. The number of fused-ring (bicyclic) bond motifs is 1. The molecular weight excluding hydrogens is 250 g/mol. The van der Waals surface area contributed by atoms with Gasteiger partial charge in [-0.25, -0.2) is 0 Å². The number of anilines is 1. The molecule has 4 heteroatoms. The number of rotatable bonds is 3. The Morgan fingerprint density at radius 3 is 2.61 bits per heavy atom. The summed E-state index contributed by atoms with van der Waals surface area (Å²) in [5, 5.41) is 4.21. The Labute approximate surface area is 112 Å². The first-order valence-electron chi connectivity index (χ1n) is 6.60. The van der Waals surface area contributed by atoms with Gasteiger partial charge in [-0.05, 0) is 25.7 Å². The lowest BCUT2D eigenvalue weighted by Crippen LogP contribution is -2.23. The molecule has 3 rings (SSSR count). The molecule has 3 nitrogen and oxygen atoms in total. The predicted octanol–water partition coefficient (Wildman–Crippen LogP) is 4.06. The molecule has 1 saturated carbocycles. The zero-order valence-electron chi connectivity index (χ0n) is 10.5. The number of benzene rings is 1. The van der Waals surface area contributed by atoms with Crippen molar-refractivity contribution >= 4 is 17.3 Å². The SMILES string of the molecule is CC(Nc1cc2c(cc1Cl)OCO2)C1CCCC1. The Morgan fingerprint density at radius 1 is 1.22 bits per heavy atom. The summed E-state index contributed by atoms with van der Waals surface area (Å²) in [5.41, 5.74) is 0.945. The summed E-state index contributed by atoms with van der Waals surface area (Å²) >= 11 is 6.26. The largest absolute Gasteiger partial charge is 0.454 e. The minimum atomic E-state index is 0.285. The van der Waals surface area contributed by atoms with Crippen LogP contribution in [-0.4, -0.2) is 12.8 Å². The maximum atomic E-state index is 6.26. The molecule has 98 valence electrons. The van der Waals surface area contributed by atoms with Crippen molar-refractivity contribution < 1.29 is 9.47 Å². The van der Waals surface area contributed by atoms with Crippen LogP contribution in [0.3, 0.4) is 0 Å². The third-order valence-electron chi connectivity index (χ3n) is 3.95. The van der Waals surface area contributed by atoms with Crippen molar-refractivity contribution in [2.24, 2.45) is 5.92 Å². The lowest BCUT2D eigenvalue weighted by molar-refractivity contribution is 0.174. The van der Waals surface area contributed by atoms with Gasteiger partial charge in [0.15, 0.2) is 11.5 Å². The smallest absolute Gasteiger partial charge is 0.231 e. The molecule has 1 aromatic rings. The summed E-state index contributed by atoms with van der Waals surface area (Å²) < 4.78 is 10.7. The van der Waals surface area contributed by atoms with E-state index in [0.717, 1.165) is 23.1 Å². The van der Waals surface area contributed by atoms with Crippen molar-refractivity contribution in [3.63, 3.8) is 0 Å². The van der Waals surface area contributed by atoms with Crippen LogP contribution >= 0.6 is 11.6 Å². The monoisotopic (exact) mass is 267 g/mol. The molecule has 18 heavy (non-hydrogen) atoms. The van der Waals surface area contributed by atoms with E-state index in [1.54, 1.807) is 0 Å². The third kappa shape index (κ3) is 2.24. The number of halogens is 1. The Morgan fingerprint density at radius 2 is 1.89 bits per heavy atom. The van der Waals surface area contributed by atoms with Gasteiger partial charge in [0.2, 0.25) is 6.79 Å². The van der Waals surface area contributed by atoms with Crippen molar-refractivity contribution in [2.75, 3.05) is 12.1 Å². The number of hydrogen-bond acceptors (Lipinski definition) is 3. The van der Waals surface area contributed by atoms with Gasteiger partial charge in [0.1, 0.15) is 0 Å². The Bertz CT molecular complexity index is 444. The first-order valence-corrected chi connectivity index (χ1v) is 6.97. The fraction of sp³-hybridized carbons (Fsp3) is 0.571. The molecular formula is C14H18ClNO2. The van der Waals surface area contributed by atoms with Crippen LogP contribution in [0.1, 0.15) is 32.6 Å². The van der Waals surface area contributed by atoms with E-state index in [-0.39, 0.29) is 6.79 Å². The highest BCUT2D eigenvalue weighted by Crippen LogP contribution is 2.40. The van der Waals surface area contributed by atoms with E-state index in [1.807, 2.05) is 12.1 Å². The van der Waals surface area contributed by atoms with Gasteiger partial charge >= 0.3 is 0 Å². The quantitative estimate of drug-likeness (QED) is 0.896. The van der Waals surface area contributed by atoms with E-state index in [0.29, 0.717) is 11.1 Å². The van der Waals surface area contributed by atoms with Gasteiger partial charge in [-0.2, -0.15) is 0 Å². The van der Waals surface area contributed by atoms with Crippen molar-refractivity contribution in [2.45, 2.75) is 38.6 Å². The summed E-state index contributed by atoms with van der Waals surface area (Å²) in [4.78, 5) is 0. The topological polar surface area (TPSA) is 30.5 Å². The minimum absolute atomic E-state index is 0.285. The van der Waals surface area contributed by atoms with Crippen LogP contribution in [0.2, 0.25) is 5.02 Å². The second kappa shape index (κ2) is 4.88. The van der Waals surface area contributed by atoms with Crippen LogP contribution in [0, 0.1) is 5.92 Å². The summed E-state index contributed by atoms with van der Waals surface area (Å²) in [5.74, 6) is 2.27. The molecule has 1 aliphatic heterocycles. The first kappa shape index (κ1) is 12.0. The van der Waals surface area contributed by atoms with Crippen LogP contribution < -0.4 is 14.8 Å². The second-order valence-electron chi connectivity index (χ2n) is 5.16. The normalized spacial score (nSPS) is 20.1. The van der Waals surface area contributed by atoms with Crippen LogP contribution in [0.5, 0.6) is 11.5 Å². The first-order chi connectivity index (χ1) is 8.74. The van der Waals surface area contributed by atoms with E-state index in [2.05, 4.69) is 12.2 Å². The van der Waals surface area contributed by atoms with Crippen LogP contribution in [0.4, 0.5) is 5.69 Å². The van der Waals surface area contributed by atoms with Gasteiger partial charge in [0.25, 0.3) is 0 Å². The highest BCUT2D eigenvalue weighted by atomic mass is 35.5. The fourth-order valence-corrected chi connectivity index (χ4v) is 3.06. The molecule has 1 N–H and O–H groups in total. The molecule has 0 saturated heterocycles. The molecule has 0 bridgehead atoms. The number of ether oxygens (including phenoxy) is 2. The van der Waals surface area contributed by atoms with E-state index < -0.39 is 0 Å². The number of hydrogen-bond donors (Lipinski definition) is 1. The van der Waals surface area contributed by atoms with Gasteiger partial charge in [-0.15, -0.1) is 0 Å². The van der Waals surface area contributed by atoms with E-state index in [9.17, 15) is 0 Å². The van der Waals surface area contributed by atoms with Crippen molar-refractivity contribution in [1.29, 1.82) is 0 Å². The molecule has 1 unspecified atom stereocenters. The van der Waals surface area contributed by atoms with Gasteiger partial charge in [-0.1, -0.05) is 24.4 Å². The number of nitrogens with one attached hydrogen (secondary N) is 1. The average Bonchev–Trinajstić information content (AvgIpc) is 2.98. The Kier molecular flexibility index (Phi) is 3.25. The molecule has 1 fully saturated rings. The average molecular weight is 268 g/mol. The fourth-order valence-electron chi connectivity index (χ4n) is 2.85. The Balaban J connectivity index is 1.75. The van der Waals surface area contributed by atoms with Gasteiger partial charge < -0.3 is 14.8 Å². The highest BCUT2D eigenvalue weighted by Gasteiger charge is 2.23. The molecule has 1 aliphatic carbocycles. The standard InChI is InChI=1S/C14H18ClNO2/c1-9(10-4-2-3-5-10)16-12-7-14-13(6-11(12)15)17-8-18-14/h6-7,9-10,16H,2-5,8H2,1H3. The van der Waals surface area contributed by atoms with Crippen molar-refractivity contribution in [3.05, 3.63) is 17.2 Å². The predicted molar refractivity (Wildman–Crippen MR) is 72.6 cm³/mol. The summed E-state index contributed by atoms with van der Waals surface area (Å²) in [6.07, 6.45) is 5.34. The summed E-state index contributed by atoms with van der Waals surface area (Å²) in [7, 11) is 0. The lowest BCUT2D eigenvalue weighted by atomic mass is 9.99. The van der Waals surface area contributed by atoms with Crippen LogP contribution in [0.25, 0.3) is 0 Å². The Hall–Kier alpha value is -1.09. The molecule has 0 amide bonds. The zero-order chi connectivity index (χ0) is 12.5. The van der Waals surface area contributed by atoms with Gasteiger partial charge in [-0.3, -0.25) is 0 Å². The van der Waals surface area contributed by atoms with Crippen molar-refractivity contribution in [1.82, 2.24) is 0 Å². The second-order valence-corrected chi connectivity index (χ2v) is 5.57. The molecule has 1 heterocycles. The summed E-state index contributed by atoms with van der Waals surface area (Å²) in [6.45, 7) is 2.52. The molecule has 1 atom stereocenters. The lowest BCUT2D eigenvalue weighted by Gasteiger charge is -2.22. The third-order valence-corrected chi connectivity index (χ3v) is 4.27.